The summed E-state index contributed by atoms with van der Waals surface area (Å²) in [5.74, 6) is -2.30. The van der Waals surface area contributed by atoms with Crippen LogP contribution in [-0.4, -0.2) is 37.8 Å². The lowest BCUT2D eigenvalue weighted by Gasteiger charge is -2.34. The van der Waals surface area contributed by atoms with E-state index in [1.165, 1.54) is 24.3 Å². The Morgan fingerprint density at radius 3 is 2.35 bits per heavy atom. The number of amides is 1. The number of alkyl halides is 3. The van der Waals surface area contributed by atoms with Crippen molar-refractivity contribution in [3.63, 3.8) is 0 Å². The maximum absolute atomic E-state index is 13.8. The van der Waals surface area contributed by atoms with Crippen LogP contribution in [0, 0.1) is 0 Å². The van der Waals surface area contributed by atoms with E-state index in [4.69, 9.17) is 4.74 Å². The van der Waals surface area contributed by atoms with Gasteiger partial charge in [-0.25, -0.2) is 4.79 Å². The minimum Gasteiger partial charge on any atom is -0.464 e. The third-order valence-electron chi connectivity index (χ3n) is 3.74. The van der Waals surface area contributed by atoms with Crippen LogP contribution in [0.4, 0.5) is 13.2 Å². The van der Waals surface area contributed by atoms with Gasteiger partial charge in [0.1, 0.15) is 6.04 Å². The van der Waals surface area contributed by atoms with Crippen LogP contribution in [0.15, 0.2) is 43.0 Å². The molecule has 1 aromatic carbocycles. The number of carbonyl (C=O) groups excluding carboxylic acids is 2. The lowest BCUT2D eigenvalue weighted by Crippen LogP contribution is -2.58. The van der Waals surface area contributed by atoms with Crippen molar-refractivity contribution in [1.82, 2.24) is 5.32 Å². The zero-order valence-corrected chi connectivity index (χ0v) is 14.6. The summed E-state index contributed by atoms with van der Waals surface area (Å²) in [4.78, 5) is 24.6. The van der Waals surface area contributed by atoms with Gasteiger partial charge in [0.15, 0.2) is 0 Å². The number of halogens is 3. The van der Waals surface area contributed by atoms with Gasteiger partial charge in [-0.2, -0.15) is 13.2 Å². The fourth-order valence-corrected chi connectivity index (χ4v) is 2.46. The van der Waals surface area contributed by atoms with Gasteiger partial charge < -0.3 is 14.8 Å². The molecule has 0 bridgehead atoms. The van der Waals surface area contributed by atoms with E-state index in [1.807, 2.05) is 0 Å². The molecule has 26 heavy (non-hydrogen) atoms. The normalized spacial score (nSPS) is 14.8. The van der Waals surface area contributed by atoms with Gasteiger partial charge in [-0.15, -0.1) is 6.58 Å². The highest BCUT2D eigenvalue weighted by Gasteiger charge is 2.63. The molecule has 0 aliphatic heterocycles. The molecule has 0 aliphatic rings. The van der Waals surface area contributed by atoms with Crippen molar-refractivity contribution < 1.29 is 32.2 Å². The molecular formula is C18H22F3NO4. The van der Waals surface area contributed by atoms with E-state index in [2.05, 4.69) is 16.6 Å². The van der Waals surface area contributed by atoms with Crippen LogP contribution in [0.1, 0.15) is 25.3 Å². The first-order chi connectivity index (χ1) is 12.2. The first kappa shape index (κ1) is 21.7. The van der Waals surface area contributed by atoms with Crippen molar-refractivity contribution in [1.29, 1.82) is 0 Å². The lowest BCUT2D eigenvalue weighted by atomic mass is 9.91. The molecule has 0 aromatic heterocycles. The smallest absolute Gasteiger partial charge is 0.430 e. The molecule has 1 N–H and O–H groups in total. The number of ether oxygens (including phenoxy) is 2. The SMILES string of the molecule is C=CCC[C@H](NC(=O)[C@@](OC)(c1ccccc1)C(F)(F)F)C(=O)OCC. The molecule has 1 rings (SSSR count). The van der Waals surface area contributed by atoms with E-state index in [-0.39, 0.29) is 18.6 Å². The molecule has 1 amide bonds. The quantitative estimate of drug-likeness (QED) is 0.534. The average molecular weight is 373 g/mol. The molecule has 0 radical (unpaired) electrons. The van der Waals surface area contributed by atoms with E-state index in [0.717, 1.165) is 19.2 Å². The van der Waals surface area contributed by atoms with E-state index in [1.54, 1.807) is 6.92 Å². The Labute approximate surface area is 150 Å². The highest BCUT2D eigenvalue weighted by atomic mass is 19.4. The standard InChI is InChI=1S/C18H22F3NO4/c1-4-6-12-14(15(23)26-5-2)22-16(24)17(25-3,18(19,20)21)13-10-8-7-9-11-13/h4,7-11,14H,1,5-6,12H2,2-3H3,(H,22,24)/t14-,17-/m0/s1. The second-order valence-corrected chi connectivity index (χ2v) is 5.39. The Balaban J connectivity index is 3.26. The fourth-order valence-electron chi connectivity index (χ4n) is 2.46. The first-order valence-corrected chi connectivity index (χ1v) is 8.00. The zero-order chi connectivity index (χ0) is 19.8. The summed E-state index contributed by atoms with van der Waals surface area (Å²) in [5.41, 5.74) is -3.63. The maximum atomic E-state index is 13.8. The molecule has 0 fully saturated rings. The molecule has 144 valence electrons. The second kappa shape index (κ2) is 9.38. The maximum Gasteiger partial charge on any atom is 0.430 e. The summed E-state index contributed by atoms with van der Waals surface area (Å²) in [5, 5.41) is 2.13. The molecule has 0 saturated heterocycles. The van der Waals surface area contributed by atoms with Gasteiger partial charge in [0, 0.05) is 12.7 Å². The topological polar surface area (TPSA) is 64.6 Å². The van der Waals surface area contributed by atoms with Crippen molar-refractivity contribution >= 4 is 11.9 Å². The lowest BCUT2D eigenvalue weighted by molar-refractivity contribution is -0.266. The molecule has 2 atom stereocenters. The molecule has 0 aliphatic carbocycles. The van der Waals surface area contributed by atoms with Crippen molar-refractivity contribution in [3.05, 3.63) is 48.6 Å². The predicted octanol–water partition coefficient (Wildman–Crippen LogP) is 3.10. The molecule has 8 heteroatoms. The second-order valence-electron chi connectivity index (χ2n) is 5.39. The Morgan fingerprint density at radius 1 is 1.27 bits per heavy atom. The van der Waals surface area contributed by atoms with Crippen molar-refractivity contribution in [2.45, 2.75) is 37.6 Å². The van der Waals surface area contributed by atoms with Crippen LogP contribution in [0.5, 0.6) is 0 Å². The third kappa shape index (κ3) is 4.63. The van der Waals surface area contributed by atoms with Gasteiger partial charge in [0.25, 0.3) is 11.5 Å². The van der Waals surface area contributed by atoms with Crippen LogP contribution < -0.4 is 5.32 Å². The third-order valence-corrected chi connectivity index (χ3v) is 3.74. The largest absolute Gasteiger partial charge is 0.464 e. The van der Waals surface area contributed by atoms with Gasteiger partial charge in [-0.1, -0.05) is 36.4 Å². The Hall–Kier alpha value is -2.35. The summed E-state index contributed by atoms with van der Waals surface area (Å²) in [6, 6.07) is 5.27. The Morgan fingerprint density at radius 2 is 1.88 bits per heavy atom. The predicted molar refractivity (Wildman–Crippen MR) is 89.2 cm³/mol. The van der Waals surface area contributed by atoms with Gasteiger partial charge in [-0.05, 0) is 19.8 Å². The zero-order valence-electron chi connectivity index (χ0n) is 14.6. The number of allylic oxidation sites excluding steroid dienone is 1. The molecule has 0 heterocycles. The van der Waals surface area contributed by atoms with Crippen molar-refractivity contribution in [2.75, 3.05) is 13.7 Å². The molecular weight excluding hydrogens is 351 g/mol. The Bertz CT molecular complexity index is 619. The number of carbonyl (C=O) groups is 2. The molecule has 5 nitrogen and oxygen atoms in total. The molecule has 0 spiro atoms. The minimum absolute atomic E-state index is 0.0344. The van der Waals surface area contributed by atoms with E-state index in [0.29, 0.717) is 6.42 Å². The van der Waals surface area contributed by atoms with Gasteiger partial charge >= 0.3 is 12.1 Å². The number of rotatable bonds is 9. The van der Waals surface area contributed by atoms with Crippen LogP contribution in [0.25, 0.3) is 0 Å². The fraction of sp³-hybridized carbons (Fsp3) is 0.444. The summed E-state index contributed by atoms with van der Waals surface area (Å²) < 4.78 is 51.1. The van der Waals surface area contributed by atoms with E-state index in [9.17, 15) is 22.8 Å². The van der Waals surface area contributed by atoms with E-state index >= 15 is 0 Å². The van der Waals surface area contributed by atoms with Crippen LogP contribution in [0.3, 0.4) is 0 Å². The number of esters is 1. The molecule has 0 unspecified atom stereocenters. The molecule has 0 saturated carbocycles. The summed E-state index contributed by atoms with van der Waals surface area (Å²) in [7, 11) is 0.795. The van der Waals surface area contributed by atoms with Crippen LogP contribution in [0.2, 0.25) is 0 Å². The monoisotopic (exact) mass is 373 g/mol. The van der Waals surface area contributed by atoms with Gasteiger partial charge in [0.2, 0.25) is 0 Å². The number of methoxy groups -OCH3 is 1. The summed E-state index contributed by atoms with van der Waals surface area (Å²) in [6.45, 7) is 5.09. The van der Waals surface area contributed by atoms with E-state index < -0.39 is 29.7 Å². The van der Waals surface area contributed by atoms with Gasteiger partial charge in [-0.3, -0.25) is 4.79 Å². The highest BCUT2D eigenvalue weighted by molar-refractivity contribution is 5.91. The highest BCUT2D eigenvalue weighted by Crippen LogP contribution is 2.42. The number of benzene rings is 1. The summed E-state index contributed by atoms with van der Waals surface area (Å²) >= 11 is 0. The minimum atomic E-state index is -5.05. The Kier molecular flexibility index (Phi) is 7.82. The average Bonchev–Trinajstić information content (AvgIpc) is 2.59. The number of hydrogen-bond acceptors (Lipinski definition) is 4. The first-order valence-electron chi connectivity index (χ1n) is 8.00. The van der Waals surface area contributed by atoms with Crippen molar-refractivity contribution in [2.24, 2.45) is 0 Å². The number of nitrogens with one attached hydrogen (secondary N) is 1. The summed E-state index contributed by atoms with van der Waals surface area (Å²) in [6.07, 6.45) is -3.20. The number of hydrogen-bond donors (Lipinski definition) is 1. The van der Waals surface area contributed by atoms with Crippen molar-refractivity contribution in [3.8, 4) is 0 Å². The van der Waals surface area contributed by atoms with Crippen LogP contribution in [-0.2, 0) is 24.7 Å². The van der Waals surface area contributed by atoms with Crippen LogP contribution >= 0.6 is 0 Å². The molecule has 1 aromatic rings. The van der Waals surface area contributed by atoms with Gasteiger partial charge in [0.05, 0.1) is 6.61 Å².